The molecule has 1 heterocycles. The van der Waals surface area contributed by atoms with Gasteiger partial charge in [0.2, 0.25) is 5.88 Å². The second-order valence-electron chi connectivity index (χ2n) is 5.14. The zero-order chi connectivity index (χ0) is 13.9. The Kier molecular flexibility index (Phi) is 3.65. The minimum atomic E-state index is -0.268. The highest BCUT2D eigenvalue weighted by atomic mass is 19.1. The number of nitrogens with one attached hydrogen (secondary N) is 1. The van der Waals surface area contributed by atoms with Crippen molar-refractivity contribution in [1.29, 1.82) is 0 Å². The smallest absolute Gasteiger partial charge is 0.223 e. The number of nitrogens with zero attached hydrogens (tertiary/aromatic N) is 1. The molecule has 1 aromatic heterocycles. The van der Waals surface area contributed by atoms with Gasteiger partial charge >= 0.3 is 0 Å². The highest BCUT2D eigenvalue weighted by Crippen LogP contribution is 2.26. The van der Waals surface area contributed by atoms with E-state index in [1.54, 1.807) is 25.3 Å². The van der Waals surface area contributed by atoms with Crippen molar-refractivity contribution in [2.24, 2.45) is 0 Å². The van der Waals surface area contributed by atoms with E-state index in [0.717, 1.165) is 12.1 Å². The molecule has 0 unspecified atom stereocenters. The SMILES string of the molecule is Cc1ccc(Oc2ncccc2CNC2CC2)cc1F. The van der Waals surface area contributed by atoms with Crippen LogP contribution < -0.4 is 10.1 Å². The zero-order valence-electron chi connectivity index (χ0n) is 11.4. The molecule has 3 rings (SSSR count). The Labute approximate surface area is 117 Å². The number of aryl methyl sites for hydroxylation is 1. The summed E-state index contributed by atoms with van der Waals surface area (Å²) in [6.07, 6.45) is 4.15. The Morgan fingerprint density at radius 3 is 2.95 bits per heavy atom. The summed E-state index contributed by atoms with van der Waals surface area (Å²) >= 11 is 0. The summed E-state index contributed by atoms with van der Waals surface area (Å²) in [5, 5.41) is 3.43. The van der Waals surface area contributed by atoms with Gasteiger partial charge in [0.25, 0.3) is 0 Å². The summed E-state index contributed by atoms with van der Waals surface area (Å²) in [5.74, 6) is 0.736. The molecule has 1 aliphatic carbocycles. The minimum Gasteiger partial charge on any atom is -0.439 e. The van der Waals surface area contributed by atoms with E-state index in [2.05, 4.69) is 10.3 Å². The monoisotopic (exact) mass is 272 g/mol. The maximum Gasteiger partial charge on any atom is 0.223 e. The number of halogens is 1. The molecule has 0 saturated heterocycles. The van der Waals surface area contributed by atoms with Crippen molar-refractivity contribution in [3.8, 4) is 11.6 Å². The fourth-order valence-electron chi connectivity index (χ4n) is 1.94. The van der Waals surface area contributed by atoms with Crippen LogP contribution in [0.3, 0.4) is 0 Å². The first-order valence-corrected chi connectivity index (χ1v) is 6.83. The van der Waals surface area contributed by atoms with E-state index in [1.165, 1.54) is 18.9 Å². The first-order chi connectivity index (χ1) is 9.72. The van der Waals surface area contributed by atoms with Gasteiger partial charge in [-0.1, -0.05) is 12.1 Å². The number of aromatic nitrogens is 1. The first kappa shape index (κ1) is 13.1. The molecule has 0 spiro atoms. The number of benzene rings is 1. The maximum absolute atomic E-state index is 13.5. The summed E-state index contributed by atoms with van der Waals surface area (Å²) in [6.45, 7) is 2.45. The Balaban J connectivity index is 1.76. The fourth-order valence-corrected chi connectivity index (χ4v) is 1.94. The number of rotatable bonds is 5. The lowest BCUT2D eigenvalue weighted by Gasteiger charge is -2.11. The lowest BCUT2D eigenvalue weighted by molar-refractivity contribution is 0.448. The van der Waals surface area contributed by atoms with E-state index in [9.17, 15) is 4.39 Å². The molecule has 0 amide bonds. The van der Waals surface area contributed by atoms with Crippen LogP contribution in [0.5, 0.6) is 11.6 Å². The quantitative estimate of drug-likeness (QED) is 0.903. The van der Waals surface area contributed by atoms with Crippen LogP contribution in [-0.4, -0.2) is 11.0 Å². The summed E-state index contributed by atoms with van der Waals surface area (Å²) in [6, 6.07) is 9.33. The molecule has 2 aromatic rings. The van der Waals surface area contributed by atoms with Gasteiger partial charge in [-0.15, -0.1) is 0 Å². The molecule has 4 heteroatoms. The summed E-state index contributed by atoms with van der Waals surface area (Å²) in [4.78, 5) is 4.24. The van der Waals surface area contributed by atoms with Crippen molar-refractivity contribution in [1.82, 2.24) is 10.3 Å². The lowest BCUT2D eigenvalue weighted by atomic mass is 10.2. The van der Waals surface area contributed by atoms with Crippen LogP contribution in [0.4, 0.5) is 4.39 Å². The van der Waals surface area contributed by atoms with Crippen LogP contribution in [-0.2, 0) is 6.54 Å². The van der Waals surface area contributed by atoms with Crippen molar-refractivity contribution in [3.63, 3.8) is 0 Å². The summed E-state index contributed by atoms with van der Waals surface area (Å²) in [5.41, 5.74) is 1.59. The van der Waals surface area contributed by atoms with Gasteiger partial charge in [0.15, 0.2) is 0 Å². The molecule has 1 N–H and O–H groups in total. The van der Waals surface area contributed by atoms with Gasteiger partial charge < -0.3 is 10.1 Å². The van der Waals surface area contributed by atoms with Crippen LogP contribution in [0.2, 0.25) is 0 Å². The number of ether oxygens (including phenoxy) is 1. The normalized spacial score (nSPS) is 14.3. The predicted molar refractivity (Wildman–Crippen MR) is 75.3 cm³/mol. The maximum atomic E-state index is 13.5. The van der Waals surface area contributed by atoms with Crippen molar-refractivity contribution in [3.05, 3.63) is 53.5 Å². The molecule has 3 nitrogen and oxygen atoms in total. The van der Waals surface area contributed by atoms with Crippen LogP contribution in [0.25, 0.3) is 0 Å². The van der Waals surface area contributed by atoms with E-state index in [-0.39, 0.29) is 5.82 Å². The van der Waals surface area contributed by atoms with Crippen molar-refractivity contribution in [2.45, 2.75) is 32.4 Å². The van der Waals surface area contributed by atoms with E-state index in [1.807, 2.05) is 12.1 Å². The van der Waals surface area contributed by atoms with Gasteiger partial charge in [-0.2, -0.15) is 0 Å². The fraction of sp³-hybridized carbons (Fsp3) is 0.312. The van der Waals surface area contributed by atoms with E-state index in [0.29, 0.717) is 23.2 Å². The molecule has 20 heavy (non-hydrogen) atoms. The Morgan fingerprint density at radius 1 is 1.35 bits per heavy atom. The molecule has 0 atom stereocenters. The average molecular weight is 272 g/mol. The standard InChI is InChI=1S/C16H17FN2O/c1-11-4-7-14(9-15(11)17)20-16-12(3-2-8-18-16)10-19-13-5-6-13/h2-4,7-9,13,19H,5-6,10H2,1H3. The van der Waals surface area contributed by atoms with Gasteiger partial charge in [-0.25, -0.2) is 9.37 Å². The summed E-state index contributed by atoms with van der Waals surface area (Å²) < 4.78 is 19.2. The molecule has 1 fully saturated rings. The molecule has 0 radical (unpaired) electrons. The van der Waals surface area contributed by atoms with Crippen molar-refractivity contribution in [2.75, 3.05) is 0 Å². The second-order valence-corrected chi connectivity index (χ2v) is 5.14. The van der Waals surface area contributed by atoms with Gasteiger partial charge in [-0.3, -0.25) is 0 Å². The van der Waals surface area contributed by atoms with Gasteiger partial charge in [0.05, 0.1) is 0 Å². The van der Waals surface area contributed by atoms with E-state index in [4.69, 9.17) is 4.74 Å². The predicted octanol–water partition coefficient (Wildman–Crippen LogP) is 3.57. The first-order valence-electron chi connectivity index (χ1n) is 6.83. The Hall–Kier alpha value is -1.94. The zero-order valence-corrected chi connectivity index (χ0v) is 11.4. The third-order valence-electron chi connectivity index (χ3n) is 3.37. The van der Waals surface area contributed by atoms with Gasteiger partial charge in [0, 0.05) is 30.4 Å². The molecule has 1 aromatic carbocycles. The summed E-state index contributed by atoms with van der Waals surface area (Å²) in [7, 11) is 0. The van der Waals surface area contributed by atoms with Gasteiger partial charge in [0.1, 0.15) is 11.6 Å². The molecule has 0 bridgehead atoms. The Morgan fingerprint density at radius 2 is 2.20 bits per heavy atom. The Bertz CT molecular complexity index is 611. The van der Waals surface area contributed by atoms with Crippen molar-refractivity contribution >= 4 is 0 Å². The van der Waals surface area contributed by atoms with Crippen LogP contribution in [0.15, 0.2) is 36.5 Å². The number of pyridine rings is 1. The van der Waals surface area contributed by atoms with Crippen molar-refractivity contribution < 1.29 is 9.13 Å². The highest BCUT2D eigenvalue weighted by Gasteiger charge is 2.20. The largest absolute Gasteiger partial charge is 0.439 e. The number of hydrogen-bond donors (Lipinski definition) is 1. The average Bonchev–Trinajstić information content (AvgIpc) is 3.26. The molecular formula is C16H17FN2O. The highest BCUT2D eigenvalue weighted by molar-refractivity contribution is 5.34. The molecule has 0 aliphatic heterocycles. The lowest BCUT2D eigenvalue weighted by Crippen LogP contribution is -2.16. The topological polar surface area (TPSA) is 34.1 Å². The van der Waals surface area contributed by atoms with Gasteiger partial charge in [-0.05, 0) is 37.5 Å². The molecule has 104 valence electrons. The van der Waals surface area contributed by atoms with Crippen LogP contribution in [0, 0.1) is 12.7 Å². The van der Waals surface area contributed by atoms with Crippen LogP contribution >= 0.6 is 0 Å². The third kappa shape index (κ3) is 3.14. The van der Waals surface area contributed by atoms with E-state index >= 15 is 0 Å². The minimum absolute atomic E-state index is 0.268. The molecule has 1 aliphatic rings. The number of hydrogen-bond acceptors (Lipinski definition) is 3. The molecular weight excluding hydrogens is 255 g/mol. The van der Waals surface area contributed by atoms with Crippen LogP contribution in [0.1, 0.15) is 24.0 Å². The molecule has 1 saturated carbocycles. The van der Waals surface area contributed by atoms with E-state index < -0.39 is 0 Å². The second kappa shape index (κ2) is 5.59. The third-order valence-corrected chi connectivity index (χ3v) is 3.37.